The number of ether oxygens (including phenoxy) is 1. The number of carbonyl (C=O) groups is 2. The van der Waals surface area contributed by atoms with E-state index >= 15 is 0 Å². The van der Waals surface area contributed by atoms with Crippen molar-refractivity contribution >= 4 is 17.6 Å². The number of carboxylic acids is 1. The second-order valence-electron chi connectivity index (χ2n) is 7.63. The van der Waals surface area contributed by atoms with Crippen molar-refractivity contribution in [3.63, 3.8) is 0 Å². The van der Waals surface area contributed by atoms with Crippen LogP contribution in [0.15, 0.2) is 48.7 Å². The molecule has 0 saturated heterocycles. The smallest absolute Gasteiger partial charge is 0.337 e. The molecule has 1 aromatic heterocycles. The fourth-order valence-electron chi connectivity index (χ4n) is 3.17. The van der Waals surface area contributed by atoms with Crippen molar-refractivity contribution in [1.82, 2.24) is 4.98 Å². The van der Waals surface area contributed by atoms with Gasteiger partial charge < -0.3 is 15.2 Å². The summed E-state index contributed by atoms with van der Waals surface area (Å²) in [7, 11) is 0. The Morgan fingerprint density at radius 1 is 1.06 bits per heavy atom. The van der Waals surface area contributed by atoms with Crippen LogP contribution in [0.5, 0.6) is 0 Å². The number of carboxylic acid groups (broad SMARTS) is 1. The highest BCUT2D eigenvalue weighted by Gasteiger charge is 2.22. The summed E-state index contributed by atoms with van der Waals surface area (Å²) < 4.78 is 34.2. The summed E-state index contributed by atoms with van der Waals surface area (Å²) in [6.45, 7) is 1.73. The average molecular weight is 438 g/mol. The van der Waals surface area contributed by atoms with Crippen LogP contribution < -0.4 is 5.32 Å². The molecule has 1 saturated carbocycles. The van der Waals surface area contributed by atoms with Gasteiger partial charge in [0.1, 0.15) is 11.6 Å². The molecule has 0 aliphatic heterocycles. The number of benzene rings is 2. The highest BCUT2D eigenvalue weighted by Crippen LogP contribution is 2.27. The molecule has 1 amide bonds. The van der Waals surface area contributed by atoms with Gasteiger partial charge in [-0.05, 0) is 55.7 Å². The number of hydrogen-bond donors (Lipinski definition) is 2. The van der Waals surface area contributed by atoms with Crippen molar-refractivity contribution in [1.29, 1.82) is 0 Å². The predicted octanol–water partition coefficient (Wildman–Crippen LogP) is 4.96. The fraction of sp³-hybridized carbons (Fsp3) is 0.208. The second kappa shape index (κ2) is 8.84. The third-order valence-corrected chi connectivity index (χ3v) is 5.17. The van der Waals surface area contributed by atoms with Gasteiger partial charge in [0.05, 0.1) is 29.5 Å². The largest absolute Gasteiger partial charge is 0.478 e. The van der Waals surface area contributed by atoms with E-state index in [0.717, 1.165) is 25.0 Å². The van der Waals surface area contributed by atoms with Crippen LogP contribution in [-0.4, -0.2) is 28.1 Å². The maximum Gasteiger partial charge on any atom is 0.337 e. The lowest BCUT2D eigenvalue weighted by Crippen LogP contribution is -2.14. The Kier molecular flexibility index (Phi) is 5.96. The Balaban J connectivity index is 1.54. The Morgan fingerprint density at radius 2 is 1.81 bits per heavy atom. The zero-order valence-electron chi connectivity index (χ0n) is 17.2. The summed E-state index contributed by atoms with van der Waals surface area (Å²) in [6, 6.07) is 9.47. The summed E-state index contributed by atoms with van der Waals surface area (Å²) in [5, 5.41) is 11.8. The van der Waals surface area contributed by atoms with Crippen molar-refractivity contribution in [2.45, 2.75) is 32.5 Å². The lowest BCUT2D eigenvalue weighted by atomic mass is 10.0. The van der Waals surface area contributed by atoms with Crippen molar-refractivity contribution in [2.24, 2.45) is 0 Å². The van der Waals surface area contributed by atoms with Crippen LogP contribution in [0.25, 0.3) is 11.1 Å². The summed E-state index contributed by atoms with van der Waals surface area (Å²) in [4.78, 5) is 28.1. The predicted molar refractivity (Wildman–Crippen MR) is 113 cm³/mol. The first-order valence-corrected chi connectivity index (χ1v) is 10.0. The van der Waals surface area contributed by atoms with Gasteiger partial charge in [-0.15, -0.1) is 0 Å². The number of aryl methyl sites for hydroxylation is 1. The van der Waals surface area contributed by atoms with Crippen molar-refractivity contribution in [3.05, 3.63) is 82.7 Å². The van der Waals surface area contributed by atoms with Crippen LogP contribution >= 0.6 is 0 Å². The normalized spacial score (nSPS) is 13.1. The summed E-state index contributed by atoms with van der Waals surface area (Å²) in [5.74, 6) is -3.18. The average Bonchev–Trinajstić information content (AvgIpc) is 3.58. The number of carbonyl (C=O) groups excluding carboxylic acids is 1. The van der Waals surface area contributed by atoms with Gasteiger partial charge in [0.2, 0.25) is 0 Å². The van der Waals surface area contributed by atoms with Gasteiger partial charge >= 0.3 is 5.97 Å². The number of rotatable bonds is 7. The summed E-state index contributed by atoms with van der Waals surface area (Å²) in [6.07, 6.45) is 3.61. The maximum atomic E-state index is 14.4. The molecule has 0 bridgehead atoms. The monoisotopic (exact) mass is 438 g/mol. The molecule has 2 aromatic carbocycles. The molecule has 0 radical (unpaired) electrons. The van der Waals surface area contributed by atoms with Crippen LogP contribution in [0.2, 0.25) is 0 Å². The van der Waals surface area contributed by atoms with Crippen LogP contribution in [0, 0.1) is 18.6 Å². The Morgan fingerprint density at radius 3 is 2.50 bits per heavy atom. The minimum Gasteiger partial charge on any atom is -0.478 e. The van der Waals surface area contributed by atoms with E-state index in [9.17, 15) is 23.5 Å². The van der Waals surface area contributed by atoms with E-state index < -0.39 is 23.5 Å². The molecule has 8 heteroatoms. The topological polar surface area (TPSA) is 88.5 Å². The highest BCUT2D eigenvalue weighted by molar-refractivity contribution is 6.05. The van der Waals surface area contributed by atoms with Crippen molar-refractivity contribution in [3.8, 4) is 11.1 Å². The number of pyridine rings is 1. The van der Waals surface area contributed by atoms with E-state index in [0.29, 0.717) is 22.4 Å². The molecule has 3 aromatic rings. The van der Waals surface area contributed by atoms with Gasteiger partial charge in [-0.1, -0.05) is 12.1 Å². The maximum absolute atomic E-state index is 14.4. The van der Waals surface area contributed by atoms with Gasteiger partial charge in [-0.25, -0.2) is 13.6 Å². The van der Waals surface area contributed by atoms with E-state index in [4.69, 9.17) is 4.74 Å². The molecule has 1 heterocycles. The molecule has 4 rings (SSSR count). The van der Waals surface area contributed by atoms with E-state index in [-0.39, 0.29) is 29.5 Å². The first-order chi connectivity index (χ1) is 15.3. The lowest BCUT2D eigenvalue weighted by Gasteiger charge is -2.11. The number of aromatic nitrogens is 1. The Hall–Kier alpha value is -3.65. The number of anilines is 1. The van der Waals surface area contributed by atoms with Crippen molar-refractivity contribution < 1.29 is 28.2 Å². The molecule has 1 aliphatic rings. The van der Waals surface area contributed by atoms with Crippen LogP contribution in [0.1, 0.15) is 44.8 Å². The van der Waals surface area contributed by atoms with Crippen molar-refractivity contribution in [2.75, 3.05) is 5.32 Å². The molecule has 2 N–H and O–H groups in total. The third kappa shape index (κ3) is 4.81. The summed E-state index contributed by atoms with van der Waals surface area (Å²) in [5.41, 5.74) is 1.50. The minimum atomic E-state index is -1.13. The van der Waals surface area contributed by atoms with Gasteiger partial charge in [0.25, 0.3) is 5.91 Å². The molecule has 32 heavy (non-hydrogen) atoms. The number of halogens is 2. The SMILES string of the molecule is Cc1ncc(-c2ccc(F)c(C(=O)Nc3ccc(COC4CC4)c(F)c3)c2)cc1C(=O)O. The van der Waals surface area contributed by atoms with E-state index in [1.165, 1.54) is 36.5 Å². The third-order valence-electron chi connectivity index (χ3n) is 5.17. The quantitative estimate of drug-likeness (QED) is 0.544. The van der Waals surface area contributed by atoms with E-state index in [1.54, 1.807) is 6.92 Å². The van der Waals surface area contributed by atoms with Gasteiger partial charge in [-0.2, -0.15) is 0 Å². The fourth-order valence-corrected chi connectivity index (χ4v) is 3.17. The Bertz CT molecular complexity index is 1210. The number of aromatic carboxylic acids is 1. The molecule has 1 aliphatic carbocycles. The molecular weight excluding hydrogens is 418 g/mol. The van der Waals surface area contributed by atoms with E-state index in [2.05, 4.69) is 10.3 Å². The number of amides is 1. The molecule has 1 fully saturated rings. The first kappa shape index (κ1) is 21.6. The highest BCUT2D eigenvalue weighted by atomic mass is 19.1. The minimum absolute atomic E-state index is 0.0130. The molecule has 0 atom stereocenters. The molecule has 164 valence electrons. The van der Waals surface area contributed by atoms with Gasteiger partial charge in [0.15, 0.2) is 0 Å². The van der Waals surface area contributed by atoms with E-state index in [1.807, 2.05) is 0 Å². The van der Waals surface area contributed by atoms with Gasteiger partial charge in [-0.3, -0.25) is 9.78 Å². The van der Waals surface area contributed by atoms with Gasteiger partial charge in [0, 0.05) is 23.0 Å². The number of nitrogens with one attached hydrogen (secondary N) is 1. The zero-order valence-corrected chi connectivity index (χ0v) is 17.2. The number of nitrogens with zero attached hydrogens (tertiary/aromatic N) is 1. The molecular formula is C24H20F2N2O4. The molecule has 0 unspecified atom stereocenters. The standard InChI is InChI=1S/C24H20F2N2O4/c1-13-19(24(30)31)9-16(11-27-13)14-3-7-21(25)20(8-14)23(29)28-17-4-2-15(22(26)10-17)12-32-18-5-6-18/h2-4,7-11,18H,5-6,12H2,1H3,(H,28,29)(H,30,31). The zero-order chi connectivity index (χ0) is 22.8. The molecule has 6 nitrogen and oxygen atoms in total. The Labute approximate surface area is 182 Å². The number of hydrogen-bond acceptors (Lipinski definition) is 4. The lowest BCUT2D eigenvalue weighted by molar-refractivity contribution is 0.0695. The first-order valence-electron chi connectivity index (χ1n) is 10.0. The van der Waals surface area contributed by atoms with Crippen LogP contribution in [-0.2, 0) is 11.3 Å². The second-order valence-corrected chi connectivity index (χ2v) is 7.63. The van der Waals surface area contributed by atoms with Crippen LogP contribution in [0.4, 0.5) is 14.5 Å². The van der Waals surface area contributed by atoms with Crippen LogP contribution in [0.3, 0.4) is 0 Å². The summed E-state index contributed by atoms with van der Waals surface area (Å²) >= 11 is 0. The molecule has 0 spiro atoms.